The third kappa shape index (κ3) is 3.10. The molecule has 3 heterocycles. The lowest BCUT2D eigenvalue weighted by Gasteiger charge is -2.21. The Morgan fingerprint density at radius 2 is 1.92 bits per heavy atom. The van der Waals surface area contributed by atoms with Crippen molar-refractivity contribution in [2.75, 3.05) is 0 Å². The maximum atomic E-state index is 12.7. The van der Waals surface area contributed by atoms with Crippen molar-refractivity contribution in [3.8, 4) is 0 Å². The highest BCUT2D eigenvalue weighted by atomic mass is 16.2. The number of aryl methyl sites for hydroxylation is 2. The van der Waals surface area contributed by atoms with Crippen LogP contribution in [-0.2, 0) is 6.54 Å². The molecule has 1 unspecified atom stereocenters. The molecule has 3 rings (SSSR count). The fourth-order valence-electron chi connectivity index (χ4n) is 2.55. The Morgan fingerprint density at radius 1 is 1.21 bits per heavy atom. The molecular formula is C15H20N8O. The number of rotatable bonds is 5. The Morgan fingerprint density at radius 3 is 2.58 bits per heavy atom. The van der Waals surface area contributed by atoms with Gasteiger partial charge in [0, 0.05) is 11.4 Å². The molecular weight excluding hydrogens is 308 g/mol. The van der Waals surface area contributed by atoms with Gasteiger partial charge in [0.25, 0.3) is 11.7 Å². The summed E-state index contributed by atoms with van der Waals surface area (Å²) in [6.07, 6.45) is 3.23. The Bertz CT molecular complexity index is 852. The molecule has 0 saturated heterocycles. The van der Waals surface area contributed by atoms with Gasteiger partial charge in [-0.3, -0.25) is 9.20 Å². The predicted octanol–water partition coefficient (Wildman–Crippen LogP) is 0.787. The molecule has 9 heteroatoms. The van der Waals surface area contributed by atoms with Gasteiger partial charge >= 0.3 is 0 Å². The average Bonchev–Trinajstić information content (AvgIpc) is 3.15. The van der Waals surface area contributed by atoms with Gasteiger partial charge in [-0.1, -0.05) is 13.8 Å². The molecule has 0 spiro atoms. The highest BCUT2D eigenvalue weighted by Gasteiger charge is 2.23. The zero-order valence-corrected chi connectivity index (χ0v) is 14.1. The maximum Gasteiger partial charge on any atom is 0.289 e. The first-order valence-electron chi connectivity index (χ1n) is 7.80. The van der Waals surface area contributed by atoms with Gasteiger partial charge in [-0.05, 0) is 25.8 Å². The number of fused-ring (bicyclic) bond motifs is 1. The second kappa shape index (κ2) is 6.34. The van der Waals surface area contributed by atoms with E-state index in [2.05, 4.69) is 30.7 Å². The molecule has 0 bridgehead atoms. The molecule has 0 aromatic carbocycles. The van der Waals surface area contributed by atoms with Crippen molar-refractivity contribution in [1.82, 2.24) is 39.9 Å². The Labute approximate surface area is 139 Å². The van der Waals surface area contributed by atoms with Crippen LogP contribution in [-0.4, -0.2) is 46.5 Å². The molecule has 126 valence electrons. The number of hydrogen-bond acceptors (Lipinski definition) is 6. The maximum absolute atomic E-state index is 12.7. The van der Waals surface area contributed by atoms with Gasteiger partial charge in [0.15, 0.2) is 0 Å². The van der Waals surface area contributed by atoms with E-state index in [1.54, 1.807) is 21.6 Å². The Kier molecular flexibility index (Phi) is 4.24. The van der Waals surface area contributed by atoms with E-state index in [1.165, 1.54) is 0 Å². The fraction of sp³-hybridized carbons (Fsp3) is 0.467. The van der Waals surface area contributed by atoms with Gasteiger partial charge in [-0.25, -0.2) is 4.98 Å². The van der Waals surface area contributed by atoms with E-state index >= 15 is 0 Å². The number of carbonyl (C=O) groups excluding carboxylic acids is 1. The largest absolute Gasteiger partial charge is 0.344 e. The molecule has 0 aliphatic rings. The molecule has 1 N–H and O–H groups in total. The molecule has 3 aromatic heterocycles. The van der Waals surface area contributed by atoms with Crippen molar-refractivity contribution in [2.45, 2.75) is 40.3 Å². The van der Waals surface area contributed by atoms with E-state index in [0.717, 1.165) is 11.4 Å². The van der Waals surface area contributed by atoms with Gasteiger partial charge in [0.05, 0.1) is 25.0 Å². The molecule has 0 aliphatic carbocycles. The number of amides is 1. The topological polar surface area (TPSA) is 103 Å². The summed E-state index contributed by atoms with van der Waals surface area (Å²) in [6.45, 7) is 8.34. The monoisotopic (exact) mass is 328 g/mol. The smallest absolute Gasteiger partial charge is 0.289 e. The van der Waals surface area contributed by atoms with Crippen LogP contribution in [0.15, 0.2) is 18.5 Å². The SMILES string of the molecule is Cc1cc(C)n2c(C(=O)NC(Cn3nccn3)C(C)C)nnc2n1. The number of hydrogen-bond donors (Lipinski definition) is 1. The molecule has 0 saturated carbocycles. The molecule has 1 atom stereocenters. The van der Waals surface area contributed by atoms with Crippen molar-refractivity contribution in [1.29, 1.82) is 0 Å². The van der Waals surface area contributed by atoms with Crippen molar-refractivity contribution >= 4 is 11.7 Å². The summed E-state index contributed by atoms with van der Waals surface area (Å²) in [5, 5.41) is 19.2. The Hall–Kier alpha value is -2.84. The number of carbonyl (C=O) groups is 1. The summed E-state index contributed by atoms with van der Waals surface area (Å²) < 4.78 is 1.66. The summed E-state index contributed by atoms with van der Waals surface area (Å²) in [5.74, 6) is 0.573. The standard InChI is InChI=1S/C15H20N8O/c1-9(2)12(8-22-16-5-6-17-22)19-14(24)13-20-21-15-18-10(3)7-11(4)23(13)15/h5-7,9,12H,8H2,1-4H3,(H,19,24). The van der Waals surface area contributed by atoms with Crippen LogP contribution in [0.4, 0.5) is 0 Å². The Balaban J connectivity index is 1.85. The summed E-state index contributed by atoms with van der Waals surface area (Å²) in [7, 11) is 0. The third-order valence-electron chi connectivity index (χ3n) is 3.84. The number of nitrogens with zero attached hydrogens (tertiary/aromatic N) is 7. The van der Waals surface area contributed by atoms with Crippen LogP contribution in [0.3, 0.4) is 0 Å². The van der Waals surface area contributed by atoms with Crippen molar-refractivity contribution in [3.63, 3.8) is 0 Å². The number of aromatic nitrogens is 7. The van der Waals surface area contributed by atoms with E-state index in [4.69, 9.17) is 0 Å². The average molecular weight is 328 g/mol. The molecule has 24 heavy (non-hydrogen) atoms. The van der Waals surface area contributed by atoms with Gasteiger partial charge in [-0.15, -0.1) is 10.2 Å². The van der Waals surface area contributed by atoms with Gasteiger partial charge in [-0.2, -0.15) is 15.0 Å². The zero-order chi connectivity index (χ0) is 17.3. The van der Waals surface area contributed by atoms with Gasteiger partial charge in [0.1, 0.15) is 0 Å². The van der Waals surface area contributed by atoms with E-state index in [9.17, 15) is 4.79 Å². The summed E-state index contributed by atoms with van der Waals surface area (Å²) in [5.41, 5.74) is 1.70. The minimum absolute atomic E-state index is 0.129. The van der Waals surface area contributed by atoms with E-state index in [-0.39, 0.29) is 23.7 Å². The summed E-state index contributed by atoms with van der Waals surface area (Å²) >= 11 is 0. The highest BCUT2D eigenvalue weighted by molar-refractivity contribution is 5.91. The van der Waals surface area contributed by atoms with Crippen LogP contribution in [0.1, 0.15) is 35.9 Å². The van der Waals surface area contributed by atoms with E-state index in [0.29, 0.717) is 12.3 Å². The fourth-order valence-corrected chi connectivity index (χ4v) is 2.55. The highest BCUT2D eigenvalue weighted by Crippen LogP contribution is 2.10. The van der Waals surface area contributed by atoms with Crippen molar-refractivity contribution in [2.24, 2.45) is 5.92 Å². The van der Waals surface area contributed by atoms with Crippen LogP contribution < -0.4 is 5.32 Å². The lowest BCUT2D eigenvalue weighted by molar-refractivity contribution is 0.0905. The van der Waals surface area contributed by atoms with Crippen LogP contribution in [0.5, 0.6) is 0 Å². The van der Waals surface area contributed by atoms with Crippen LogP contribution in [0, 0.1) is 19.8 Å². The molecule has 1 amide bonds. The molecule has 0 radical (unpaired) electrons. The second-order valence-electron chi connectivity index (χ2n) is 6.11. The lowest BCUT2D eigenvalue weighted by Crippen LogP contribution is -2.42. The second-order valence-corrected chi connectivity index (χ2v) is 6.11. The van der Waals surface area contributed by atoms with E-state index < -0.39 is 0 Å². The summed E-state index contributed by atoms with van der Waals surface area (Å²) in [4.78, 5) is 18.5. The van der Waals surface area contributed by atoms with Gasteiger partial charge in [0.2, 0.25) is 5.82 Å². The zero-order valence-electron chi connectivity index (χ0n) is 14.1. The van der Waals surface area contributed by atoms with Crippen molar-refractivity contribution in [3.05, 3.63) is 35.7 Å². The van der Waals surface area contributed by atoms with Gasteiger partial charge < -0.3 is 5.32 Å². The van der Waals surface area contributed by atoms with Crippen LogP contribution >= 0.6 is 0 Å². The first-order valence-corrected chi connectivity index (χ1v) is 7.80. The molecule has 0 fully saturated rings. The first kappa shape index (κ1) is 16.0. The summed E-state index contributed by atoms with van der Waals surface area (Å²) in [6, 6.07) is 1.76. The van der Waals surface area contributed by atoms with Crippen LogP contribution in [0.2, 0.25) is 0 Å². The molecule has 9 nitrogen and oxygen atoms in total. The van der Waals surface area contributed by atoms with E-state index in [1.807, 2.05) is 33.8 Å². The molecule has 3 aromatic rings. The van der Waals surface area contributed by atoms with Crippen LogP contribution in [0.25, 0.3) is 5.78 Å². The lowest BCUT2D eigenvalue weighted by atomic mass is 10.0. The normalized spacial score (nSPS) is 12.7. The molecule has 0 aliphatic heterocycles. The first-order chi connectivity index (χ1) is 11.5. The number of nitrogens with one attached hydrogen (secondary N) is 1. The minimum Gasteiger partial charge on any atom is -0.344 e. The predicted molar refractivity (Wildman–Crippen MR) is 86.4 cm³/mol. The quantitative estimate of drug-likeness (QED) is 0.742. The third-order valence-corrected chi connectivity index (χ3v) is 3.84. The van der Waals surface area contributed by atoms with Crippen molar-refractivity contribution < 1.29 is 4.79 Å². The minimum atomic E-state index is -0.290.